The van der Waals surface area contributed by atoms with Crippen LogP contribution in [0.2, 0.25) is 0 Å². The van der Waals surface area contributed by atoms with Crippen LogP contribution >= 0.6 is 0 Å². The van der Waals surface area contributed by atoms with Crippen LogP contribution in [0.3, 0.4) is 0 Å². The monoisotopic (exact) mass is 222 g/mol. The molecule has 1 aliphatic rings. The summed E-state index contributed by atoms with van der Waals surface area (Å²) in [5.41, 5.74) is 1.16. The minimum Gasteiger partial charge on any atom is -0.366 e. The Morgan fingerprint density at radius 3 is 2.75 bits per heavy atom. The Kier molecular flexibility index (Phi) is 3.19. The van der Waals surface area contributed by atoms with E-state index in [0.29, 0.717) is 12.1 Å². The van der Waals surface area contributed by atoms with Gasteiger partial charge >= 0.3 is 0 Å². The smallest absolute Gasteiger partial charge is 0.124 e. The van der Waals surface area contributed by atoms with Gasteiger partial charge in [-0.3, -0.25) is 4.68 Å². The Morgan fingerprint density at radius 2 is 2.25 bits per heavy atom. The van der Waals surface area contributed by atoms with E-state index in [9.17, 15) is 0 Å². The number of likely N-dealkylation sites (N-methyl/N-ethyl adjacent to an activating group) is 1. The zero-order valence-corrected chi connectivity index (χ0v) is 10.7. The highest BCUT2D eigenvalue weighted by molar-refractivity contribution is 5.38. The van der Waals surface area contributed by atoms with Crippen LogP contribution in [0.25, 0.3) is 0 Å². The van der Waals surface area contributed by atoms with Crippen molar-refractivity contribution in [2.75, 3.05) is 18.9 Å². The Balaban J connectivity index is 2.01. The van der Waals surface area contributed by atoms with Gasteiger partial charge in [0.2, 0.25) is 0 Å². The maximum Gasteiger partial charge on any atom is 0.124 e. The third-order valence-electron chi connectivity index (χ3n) is 3.53. The fourth-order valence-electron chi connectivity index (χ4n) is 2.34. The molecule has 1 fully saturated rings. The van der Waals surface area contributed by atoms with Crippen molar-refractivity contribution in [2.24, 2.45) is 7.05 Å². The molecule has 0 radical (unpaired) electrons. The molecular formula is C12H22N4. The molecule has 0 bridgehead atoms. The standard InChI is InChI=1S/C12H22N4/c1-5-10-7-12(16(4)14-10)13-11-6-9(2)15(3)8-11/h7,9,11,13H,5-6,8H2,1-4H3. The van der Waals surface area contributed by atoms with Crippen LogP contribution in [0.15, 0.2) is 6.07 Å². The summed E-state index contributed by atoms with van der Waals surface area (Å²) < 4.78 is 1.95. The first-order chi connectivity index (χ1) is 7.60. The molecule has 16 heavy (non-hydrogen) atoms. The van der Waals surface area contributed by atoms with Crippen molar-refractivity contribution in [1.82, 2.24) is 14.7 Å². The second kappa shape index (κ2) is 4.45. The molecule has 2 atom stereocenters. The summed E-state index contributed by atoms with van der Waals surface area (Å²) in [6.45, 7) is 5.54. The average Bonchev–Trinajstić information content (AvgIpc) is 2.73. The van der Waals surface area contributed by atoms with E-state index in [4.69, 9.17) is 0 Å². The van der Waals surface area contributed by atoms with Gasteiger partial charge in [0.05, 0.1) is 5.69 Å². The summed E-state index contributed by atoms with van der Waals surface area (Å²) in [6, 6.07) is 3.39. The zero-order chi connectivity index (χ0) is 11.7. The van der Waals surface area contributed by atoms with Crippen molar-refractivity contribution in [3.8, 4) is 0 Å². The lowest BCUT2D eigenvalue weighted by Gasteiger charge is -2.14. The molecule has 4 heteroatoms. The third-order valence-corrected chi connectivity index (χ3v) is 3.53. The summed E-state index contributed by atoms with van der Waals surface area (Å²) in [6.07, 6.45) is 2.21. The first kappa shape index (κ1) is 11.5. The van der Waals surface area contributed by atoms with Crippen molar-refractivity contribution >= 4 is 5.82 Å². The van der Waals surface area contributed by atoms with Gasteiger partial charge in [-0.15, -0.1) is 0 Å². The quantitative estimate of drug-likeness (QED) is 0.841. The lowest BCUT2D eigenvalue weighted by atomic mass is 10.2. The summed E-state index contributed by atoms with van der Waals surface area (Å²) in [4.78, 5) is 2.40. The molecule has 0 saturated carbocycles. The topological polar surface area (TPSA) is 33.1 Å². The van der Waals surface area contributed by atoms with E-state index >= 15 is 0 Å². The van der Waals surface area contributed by atoms with Gasteiger partial charge in [-0.2, -0.15) is 5.10 Å². The van der Waals surface area contributed by atoms with Crippen LogP contribution in [0.1, 0.15) is 26.0 Å². The van der Waals surface area contributed by atoms with Crippen LogP contribution in [0.4, 0.5) is 5.82 Å². The van der Waals surface area contributed by atoms with Crippen molar-refractivity contribution < 1.29 is 0 Å². The molecule has 0 spiro atoms. The largest absolute Gasteiger partial charge is 0.366 e. The minimum absolute atomic E-state index is 0.556. The lowest BCUT2D eigenvalue weighted by Crippen LogP contribution is -2.25. The number of anilines is 1. The van der Waals surface area contributed by atoms with Gasteiger partial charge in [-0.25, -0.2) is 0 Å². The highest BCUT2D eigenvalue weighted by Crippen LogP contribution is 2.19. The van der Waals surface area contributed by atoms with E-state index in [1.807, 2.05) is 11.7 Å². The number of likely N-dealkylation sites (tertiary alicyclic amines) is 1. The predicted octanol–water partition coefficient (Wildman–Crippen LogP) is 1.49. The molecule has 1 saturated heterocycles. The van der Waals surface area contributed by atoms with Gasteiger partial charge < -0.3 is 10.2 Å². The number of aromatic nitrogens is 2. The molecule has 4 nitrogen and oxygen atoms in total. The van der Waals surface area contributed by atoms with Gasteiger partial charge in [0.25, 0.3) is 0 Å². The van der Waals surface area contributed by atoms with E-state index in [1.54, 1.807) is 0 Å². The fourth-order valence-corrected chi connectivity index (χ4v) is 2.34. The number of nitrogens with zero attached hydrogens (tertiary/aromatic N) is 3. The van der Waals surface area contributed by atoms with Crippen LogP contribution in [-0.2, 0) is 13.5 Å². The first-order valence-electron chi connectivity index (χ1n) is 6.09. The molecule has 0 aliphatic carbocycles. The number of hydrogen-bond donors (Lipinski definition) is 1. The van der Waals surface area contributed by atoms with Gasteiger partial charge in [-0.1, -0.05) is 6.92 Å². The SMILES string of the molecule is CCc1cc(NC2CC(C)N(C)C2)n(C)n1. The molecule has 2 heterocycles. The molecule has 1 aliphatic heterocycles. The normalized spacial score (nSPS) is 26.2. The number of hydrogen-bond acceptors (Lipinski definition) is 3. The van der Waals surface area contributed by atoms with Crippen molar-refractivity contribution in [3.63, 3.8) is 0 Å². The van der Waals surface area contributed by atoms with Crippen molar-refractivity contribution in [1.29, 1.82) is 0 Å². The second-order valence-electron chi connectivity index (χ2n) is 4.86. The maximum atomic E-state index is 4.45. The highest BCUT2D eigenvalue weighted by atomic mass is 15.3. The maximum absolute atomic E-state index is 4.45. The molecule has 2 unspecified atom stereocenters. The molecule has 0 aromatic carbocycles. The van der Waals surface area contributed by atoms with Crippen LogP contribution in [-0.4, -0.2) is 40.4 Å². The van der Waals surface area contributed by atoms with Crippen molar-refractivity contribution in [3.05, 3.63) is 11.8 Å². The second-order valence-corrected chi connectivity index (χ2v) is 4.86. The number of aryl methyl sites for hydroxylation is 2. The molecule has 90 valence electrons. The Labute approximate surface area is 97.6 Å². The fraction of sp³-hybridized carbons (Fsp3) is 0.750. The summed E-state index contributed by atoms with van der Waals surface area (Å²) in [7, 11) is 4.19. The molecular weight excluding hydrogens is 200 g/mol. The van der Waals surface area contributed by atoms with Crippen LogP contribution in [0.5, 0.6) is 0 Å². The number of rotatable bonds is 3. The summed E-state index contributed by atoms with van der Waals surface area (Å²) in [5, 5.41) is 8.03. The van der Waals surface area contributed by atoms with E-state index < -0.39 is 0 Å². The summed E-state index contributed by atoms with van der Waals surface area (Å²) in [5.74, 6) is 1.14. The van der Waals surface area contributed by atoms with Gasteiger partial charge in [0, 0.05) is 31.7 Å². The predicted molar refractivity (Wildman–Crippen MR) is 66.7 cm³/mol. The Morgan fingerprint density at radius 1 is 1.50 bits per heavy atom. The third kappa shape index (κ3) is 2.21. The van der Waals surface area contributed by atoms with E-state index in [2.05, 4.69) is 42.3 Å². The molecule has 1 aromatic rings. The minimum atomic E-state index is 0.556. The Bertz CT molecular complexity index is 348. The van der Waals surface area contributed by atoms with Gasteiger partial charge in [0.1, 0.15) is 5.82 Å². The van der Waals surface area contributed by atoms with E-state index in [0.717, 1.165) is 24.5 Å². The molecule has 1 aromatic heterocycles. The van der Waals surface area contributed by atoms with E-state index in [1.165, 1.54) is 6.42 Å². The zero-order valence-electron chi connectivity index (χ0n) is 10.7. The van der Waals surface area contributed by atoms with Crippen LogP contribution in [0, 0.1) is 0 Å². The number of nitrogens with one attached hydrogen (secondary N) is 1. The first-order valence-corrected chi connectivity index (χ1v) is 6.09. The van der Waals surface area contributed by atoms with E-state index in [-0.39, 0.29) is 0 Å². The van der Waals surface area contributed by atoms with Crippen LogP contribution < -0.4 is 5.32 Å². The van der Waals surface area contributed by atoms with Gasteiger partial charge in [0.15, 0.2) is 0 Å². The van der Waals surface area contributed by atoms with Gasteiger partial charge in [-0.05, 0) is 26.8 Å². The molecule has 2 rings (SSSR count). The highest BCUT2D eigenvalue weighted by Gasteiger charge is 2.26. The molecule has 1 N–H and O–H groups in total. The lowest BCUT2D eigenvalue weighted by molar-refractivity contribution is 0.330. The summed E-state index contributed by atoms with van der Waals surface area (Å²) >= 11 is 0. The average molecular weight is 222 g/mol. The Hall–Kier alpha value is -1.03. The molecule has 0 amide bonds. The van der Waals surface area contributed by atoms with Crippen molar-refractivity contribution in [2.45, 2.75) is 38.8 Å².